The number of aliphatic carboxylic acids is 1. The second-order valence-corrected chi connectivity index (χ2v) is 8.43. The molecule has 0 aliphatic heterocycles. The minimum absolute atomic E-state index is 0.153. The highest BCUT2D eigenvalue weighted by molar-refractivity contribution is 5.79. The van der Waals surface area contributed by atoms with E-state index < -0.39 is 5.97 Å². The predicted octanol–water partition coefficient (Wildman–Crippen LogP) is 4.98. The Morgan fingerprint density at radius 1 is 1.03 bits per heavy atom. The van der Waals surface area contributed by atoms with Gasteiger partial charge >= 0.3 is 5.97 Å². The lowest BCUT2D eigenvalue weighted by atomic mass is 9.87. The zero-order chi connectivity index (χ0) is 22.2. The Labute approximate surface area is 181 Å². The molecule has 1 aromatic rings. The molecular formula is C25H39NO4. The van der Waals surface area contributed by atoms with Gasteiger partial charge in [0, 0.05) is 18.5 Å². The fourth-order valence-corrected chi connectivity index (χ4v) is 3.87. The van der Waals surface area contributed by atoms with Gasteiger partial charge in [-0.15, -0.1) is 0 Å². The molecule has 0 fully saturated rings. The van der Waals surface area contributed by atoms with Crippen LogP contribution in [0.2, 0.25) is 0 Å². The molecule has 3 atom stereocenters. The molecule has 30 heavy (non-hydrogen) atoms. The van der Waals surface area contributed by atoms with Crippen LogP contribution in [-0.2, 0) is 16.0 Å². The van der Waals surface area contributed by atoms with Crippen molar-refractivity contribution < 1.29 is 19.8 Å². The highest BCUT2D eigenvalue weighted by atomic mass is 16.4. The molecule has 0 radical (unpaired) electrons. The maximum absolute atomic E-state index is 10.8. The number of aromatic hydroxyl groups is 1. The molecule has 1 rings (SSSR count). The van der Waals surface area contributed by atoms with Crippen LogP contribution in [0.4, 0.5) is 0 Å². The van der Waals surface area contributed by atoms with E-state index in [1.54, 1.807) is 18.2 Å². The maximum Gasteiger partial charge on any atom is 0.327 e. The van der Waals surface area contributed by atoms with Gasteiger partial charge in [0.1, 0.15) is 12.0 Å². The van der Waals surface area contributed by atoms with Gasteiger partial charge in [-0.3, -0.25) is 0 Å². The van der Waals surface area contributed by atoms with Gasteiger partial charge in [0.25, 0.3) is 0 Å². The number of carbonyl (C=O) groups excluding carboxylic acids is 1. The molecule has 0 amide bonds. The average Bonchev–Trinajstić information content (AvgIpc) is 2.72. The Balaban J connectivity index is 2.54. The summed E-state index contributed by atoms with van der Waals surface area (Å²) in [5, 5.41) is 21.5. The van der Waals surface area contributed by atoms with E-state index in [9.17, 15) is 14.7 Å². The SMILES string of the molecule is CNC[C@H](C=CC(=O)O)CCC[C@H](CCCCC[C@@H](C)C=O)Cc1ccc(O)cc1. The van der Waals surface area contributed by atoms with Crippen LogP contribution in [0.5, 0.6) is 5.75 Å². The average molecular weight is 418 g/mol. The number of unbranched alkanes of at least 4 members (excludes halogenated alkanes) is 2. The van der Waals surface area contributed by atoms with E-state index in [0.717, 1.165) is 70.6 Å². The van der Waals surface area contributed by atoms with Gasteiger partial charge < -0.3 is 20.3 Å². The number of hydrogen-bond donors (Lipinski definition) is 3. The van der Waals surface area contributed by atoms with Crippen LogP contribution in [0.25, 0.3) is 0 Å². The van der Waals surface area contributed by atoms with Crippen molar-refractivity contribution in [1.29, 1.82) is 0 Å². The van der Waals surface area contributed by atoms with E-state index >= 15 is 0 Å². The molecule has 0 unspecified atom stereocenters. The molecule has 168 valence electrons. The van der Waals surface area contributed by atoms with Gasteiger partial charge in [0.05, 0.1) is 0 Å². The normalized spacial score (nSPS) is 14.5. The number of nitrogens with one attached hydrogen (secondary N) is 1. The van der Waals surface area contributed by atoms with Crippen molar-refractivity contribution in [2.45, 2.75) is 64.7 Å². The van der Waals surface area contributed by atoms with Crippen LogP contribution >= 0.6 is 0 Å². The minimum Gasteiger partial charge on any atom is -0.508 e. The van der Waals surface area contributed by atoms with Crippen molar-refractivity contribution in [3.8, 4) is 5.75 Å². The third-order valence-electron chi connectivity index (χ3n) is 5.63. The summed E-state index contributed by atoms with van der Waals surface area (Å²) in [6.07, 6.45) is 13.7. The van der Waals surface area contributed by atoms with Crippen molar-refractivity contribution in [1.82, 2.24) is 5.32 Å². The maximum atomic E-state index is 10.8. The molecule has 0 aromatic heterocycles. The van der Waals surface area contributed by atoms with Gasteiger partial charge in [-0.1, -0.05) is 63.7 Å². The first-order valence-corrected chi connectivity index (χ1v) is 11.2. The van der Waals surface area contributed by atoms with Crippen LogP contribution < -0.4 is 5.32 Å². The lowest BCUT2D eigenvalue weighted by Crippen LogP contribution is -2.18. The van der Waals surface area contributed by atoms with Crippen molar-refractivity contribution in [2.75, 3.05) is 13.6 Å². The molecule has 0 aliphatic carbocycles. The molecule has 0 bridgehead atoms. The lowest BCUT2D eigenvalue weighted by Gasteiger charge is -2.19. The van der Waals surface area contributed by atoms with E-state index in [-0.39, 0.29) is 11.8 Å². The fourth-order valence-electron chi connectivity index (χ4n) is 3.87. The number of benzene rings is 1. The summed E-state index contributed by atoms with van der Waals surface area (Å²) < 4.78 is 0. The molecule has 5 nitrogen and oxygen atoms in total. The van der Waals surface area contributed by atoms with E-state index in [0.29, 0.717) is 11.7 Å². The monoisotopic (exact) mass is 417 g/mol. The number of hydrogen-bond acceptors (Lipinski definition) is 4. The molecular weight excluding hydrogens is 378 g/mol. The molecule has 1 aromatic carbocycles. The number of phenolic OH excluding ortho intramolecular Hbond substituents is 1. The van der Waals surface area contributed by atoms with Crippen molar-refractivity contribution in [3.05, 3.63) is 42.0 Å². The molecule has 0 aliphatic rings. The number of aldehydes is 1. The first-order chi connectivity index (χ1) is 14.4. The van der Waals surface area contributed by atoms with Gasteiger partial charge in [0.15, 0.2) is 0 Å². The molecule has 0 heterocycles. The largest absolute Gasteiger partial charge is 0.508 e. The predicted molar refractivity (Wildman–Crippen MR) is 122 cm³/mol. The minimum atomic E-state index is -0.898. The molecule has 5 heteroatoms. The van der Waals surface area contributed by atoms with Crippen molar-refractivity contribution in [2.24, 2.45) is 17.8 Å². The highest BCUT2D eigenvalue weighted by Crippen LogP contribution is 2.24. The van der Waals surface area contributed by atoms with Crippen LogP contribution in [-0.4, -0.2) is 36.1 Å². The number of rotatable bonds is 17. The van der Waals surface area contributed by atoms with Gasteiger partial charge in [-0.05, 0) is 55.8 Å². The van der Waals surface area contributed by atoms with Crippen LogP contribution in [0.1, 0.15) is 63.9 Å². The van der Waals surface area contributed by atoms with E-state index in [4.69, 9.17) is 5.11 Å². The first kappa shape index (κ1) is 25.9. The zero-order valence-electron chi connectivity index (χ0n) is 18.6. The molecule has 3 N–H and O–H groups in total. The summed E-state index contributed by atoms with van der Waals surface area (Å²) in [5.74, 6) is 0.340. The first-order valence-electron chi connectivity index (χ1n) is 11.2. The van der Waals surface area contributed by atoms with Crippen molar-refractivity contribution in [3.63, 3.8) is 0 Å². The van der Waals surface area contributed by atoms with Crippen LogP contribution in [0, 0.1) is 17.8 Å². The van der Waals surface area contributed by atoms with Gasteiger partial charge in [0.2, 0.25) is 0 Å². The number of carboxylic acid groups (broad SMARTS) is 1. The standard InChI is InChI=1S/C25H39NO4/c1-20(19-27)7-4-3-5-8-21(17-22-11-14-24(28)15-12-22)9-6-10-23(18-26-2)13-16-25(29)30/h11-16,19-21,23,26,28H,3-10,17-18H2,1-2H3,(H,29,30)/t20-,21+,23+/m1/s1. The van der Waals surface area contributed by atoms with Crippen LogP contribution in [0.3, 0.4) is 0 Å². The fraction of sp³-hybridized carbons (Fsp3) is 0.600. The summed E-state index contributed by atoms with van der Waals surface area (Å²) >= 11 is 0. The summed E-state index contributed by atoms with van der Waals surface area (Å²) in [4.78, 5) is 21.6. The number of phenols is 1. The summed E-state index contributed by atoms with van der Waals surface area (Å²) in [6, 6.07) is 7.47. The zero-order valence-corrected chi connectivity index (χ0v) is 18.6. The summed E-state index contributed by atoms with van der Waals surface area (Å²) in [7, 11) is 1.89. The van der Waals surface area contributed by atoms with Crippen LogP contribution in [0.15, 0.2) is 36.4 Å². The second kappa shape index (κ2) is 15.7. The van der Waals surface area contributed by atoms with Gasteiger partial charge in [-0.25, -0.2) is 4.79 Å². The van der Waals surface area contributed by atoms with Gasteiger partial charge in [-0.2, -0.15) is 0 Å². The molecule has 0 spiro atoms. The molecule has 0 saturated carbocycles. The highest BCUT2D eigenvalue weighted by Gasteiger charge is 2.12. The van der Waals surface area contributed by atoms with E-state index in [1.165, 1.54) is 11.6 Å². The Morgan fingerprint density at radius 2 is 1.70 bits per heavy atom. The Bertz CT molecular complexity index is 627. The second-order valence-electron chi connectivity index (χ2n) is 8.43. The van der Waals surface area contributed by atoms with E-state index in [2.05, 4.69) is 5.32 Å². The lowest BCUT2D eigenvalue weighted by molar-refractivity contribution is -0.131. The number of carbonyl (C=O) groups is 2. The third kappa shape index (κ3) is 12.4. The van der Waals surface area contributed by atoms with E-state index in [1.807, 2.05) is 26.1 Å². The smallest absolute Gasteiger partial charge is 0.327 e. The Morgan fingerprint density at radius 3 is 2.33 bits per heavy atom. The Hall–Kier alpha value is -2.14. The quantitative estimate of drug-likeness (QED) is 0.189. The summed E-state index contributed by atoms with van der Waals surface area (Å²) in [6.45, 7) is 2.75. The Kier molecular flexibility index (Phi) is 13.5. The summed E-state index contributed by atoms with van der Waals surface area (Å²) in [5.41, 5.74) is 1.24. The third-order valence-corrected chi connectivity index (χ3v) is 5.63. The van der Waals surface area contributed by atoms with Crippen molar-refractivity contribution >= 4 is 12.3 Å². The number of carboxylic acids is 1. The molecule has 0 saturated heterocycles. The topological polar surface area (TPSA) is 86.6 Å².